The van der Waals surface area contributed by atoms with Crippen LogP contribution in [0.3, 0.4) is 0 Å². The molecule has 0 bridgehead atoms. The van der Waals surface area contributed by atoms with Gasteiger partial charge in [0.05, 0.1) is 11.4 Å². The molecule has 3 aromatic rings. The molecule has 7 heteroatoms. The van der Waals surface area contributed by atoms with Crippen molar-refractivity contribution in [2.45, 2.75) is 19.0 Å². The van der Waals surface area contributed by atoms with E-state index >= 15 is 0 Å². The number of carbonyl (C=O) groups is 1. The molecule has 5 rings (SSSR count). The number of aliphatic carboxylic acids is 1. The van der Waals surface area contributed by atoms with Gasteiger partial charge in [0.1, 0.15) is 11.8 Å². The third-order valence-corrected chi connectivity index (χ3v) is 5.52. The summed E-state index contributed by atoms with van der Waals surface area (Å²) < 4.78 is 1.81. The van der Waals surface area contributed by atoms with Crippen molar-refractivity contribution in [1.29, 1.82) is 0 Å². The maximum Gasteiger partial charge on any atom is 2.00 e. The molecule has 2 aliphatic carbocycles. The average Bonchev–Trinajstić information content (AvgIpc) is 3.67. The molecular weight excluding hydrogens is 494 g/mol. The summed E-state index contributed by atoms with van der Waals surface area (Å²) >= 11 is 0. The van der Waals surface area contributed by atoms with E-state index in [1.54, 1.807) is 24.3 Å². The number of phenols is 1. The maximum atomic E-state index is 11.8. The number of aromatic nitrogens is 2. The van der Waals surface area contributed by atoms with Crippen molar-refractivity contribution in [2.75, 3.05) is 0 Å². The maximum absolute atomic E-state index is 11.8. The molecule has 3 N–H and O–H groups in total. The summed E-state index contributed by atoms with van der Waals surface area (Å²) in [5, 5.41) is 27.0. The van der Waals surface area contributed by atoms with Crippen LogP contribution in [0.1, 0.15) is 16.8 Å². The Balaban J connectivity index is 0.000000538. The first kappa shape index (κ1) is 28.0. The van der Waals surface area contributed by atoms with Crippen molar-refractivity contribution >= 4 is 5.97 Å². The van der Waals surface area contributed by atoms with E-state index in [0.29, 0.717) is 13.0 Å². The molecule has 0 aliphatic heterocycles. The summed E-state index contributed by atoms with van der Waals surface area (Å²) in [5.41, 5.74) is 3.52. The van der Waals surface area contributed by atoms with Crippen molar-refractivity contribution in [3.63, 3.8) is 0 Å². The van der Waals surface area contributed by atoms with Crippen molar-refractivity contribution in [3.05, 3.63) is 141 Å². The largest absolute Gasteiger partial charge is 2.00 e. The minimum Gasteiger partial charge on any atom is -0.508 e. The number of phenolic OH excluding ortho intramolecular Hbond substituents is 1. The molecule has 0 unspecified atom stereocenters. The molecule has 6 nitrogen and oxygen atoms in total. The van der Waals surface area contributed by atoms with Gasteiger partial charge in [0.15, 0.2) is 0 Å². The van der Waals surface area contributed by atoms with Gasteiger partial charge in [-0.25, -0.2) is 4.68 Å². The summed E-state index contributed by atoms with van der Waals surface area (Å²) in [6, 6.07) is 15.6. The standard InChI is InChI=1S/C24H22N3O3.C5H5.Fe/c28-21-12-10-17(11-13-21)14-22(24(29)30)25-15-19-16-27(20-8-2-1-3-9-20)26-23(19)18-6-4-5-7-18;1-2-4-5-3-1;/h1-13,16,22,25,28H,14-15H2,(H,29,30);1-5H;/q;;+2/t22-;;/m0../s1. The number of nitrogens with zero attached hydrogens (tertiary/aromatic N) is 2. The van der Waals surface area contributed by atoms with E-state index in [4.69, 9.17) is 5.10 Å². The van der Waals surface area contributed by atoms with E-state index in [1.165, 1.54) is 0 Å². The van der Waals surface area contributed by atoms with Gasteiger partial charge in [-0.05, 0) is 94.0 Å². The Kier molecular flexibility index (Phi) is 11.0. The topological polar surface area (TPSA) is 87.4 Å². The van der Waals surface area contributed by atoms with Crippen LogP contribution in [0.2, 0.25) is 0 Å². The molecule has 10 radical (unpaired) electrons. The first-order valence-corrected chi connectivity index (χ1v) is 11.4. The number of nitrogens with one attached hydrogen (secondary N) is 1. The third kappa shape index (κ3) is 7.95. The quantitative estimate of drug-likeness (QED) is 0.388. The van der Waals surface area contributed by atoms with Gasteiger partial charge >= 0.3 is 23.0 Å². The predicted molar refractivity (Wildman–Crippen MR) is 135 cm³/mol. The van der Waals surface area contributed by atoms with Crippen LogP contribution < -0.4 is 5.32 Å². The third-order valence-electron chi connectivity index (χ3n) is 5.52. The Bertz CT molecular complexity index is 1050. The monoisotopic (exact) mass is 521 g/mol. The number of carboxylic acid groups (broad SMARTS) is 1. The number of hydrogen-bond donors (Lipinski definition) is 3. The summed E-state index contributed by atoms with van der Waals surface area (Å²) in [7, 11) is 0. The second kappa shape index (κ2) is 14.2. The molecule has 2 aliphatic rings. The summed E-state index contributed by atoms with van der Waals surface area (Å²) in [5.74, 6) is 0.228. The molecule has 0 spiro atoms. The van der Waals surface area contributed by atoms with Crippen molar-refractivity contribution in [2.24, 2.45) is 0 Å². The fourth-order valence-corrected chi connectivity index (χ4v) is 3.70. The minimum atomic E-state index is -0.923. The van der Waals surface area contributed by atoms with Gasteiger partial charge in [-0.1, -0.05) is 30.3 Å². The normalized spacial score (nSPS) is 16.1. The Morgan fingerprint density at radius 2 is 1.50 bits per heavy atom. The van der Waals surface area contributed by atoms with Crippen LogP contribution in [-0.2, 0) is 34.8 Å². The van der Waals surface area contributed by atoms with Crippen LogP contribution in [0, 0.1) is 63.7 Å². The molecule has 36 heavy (non-hydrogen) atoms. The Labute approximate surface area is 224 Å². The number of rotatable bonds is 8. The van der Waals surface area contributed by atoms with Crippen LogP contribution in [0.25, 0.3) is 5.69 Å². The van der Waals surface area contributed by atoms with Gasteiger partial charge in [-0.3, -0.25) is 10.1 Å². The van der Waals surface area contributed by atoms with Crippen LogP contribution in [0.15, 0.2) is 60.8 Å². The molecule has 0 amide bonds. The van der Waals surface area contributed by atoms with Gasteiger partial charge < -0.3 is 10.2 Å². The second-order valence-corrected chi connectivity index (χ2v) is 8.06. The minimum absolute atomic E-state index is 0. The zero-order valence-corrected chi connectivity index (χ0v) is 20.6. The molecule has 1 heterocycles. The fourth-order valence-electron chi connectivity index (χ4n) is 3.70. The van der Waals surface area contributed by atoms with Gasteiger partial charge in [-0.15, -0.1) is 0 Å². The van der Waals surface area contributed by atoms with Gasteiger partial charge in [0.25, 0.3) is 0 Å². The number of benzene rings is 2. The molecule has 1 aromatic heterocycles. The molecule has 2 fully saturated rings. The molecule has 2 aromatic carbocycles. The van der Waals surface area contributed by atoms with E-state index < -0.39 is 12.0 Å². The van der Waals surface area contributed by atoms with E-state index in [2.05, 4.69) is 5.32 Å². The number of para-hydroxylation sites is 1. The van der Waals surface area contributed by atoms with Crippen molar-refractivity contribution in [3.8, 4) is 11.4 Å². The number of hydrogen-bond acceptors (Lipinski definition) is 4. The summed E-state index contributed by atoms with van der Waals surface area (Å²) in [4.78, 5) is 11.8. The smallest absolute Gasteiger partial charge is 0.508 e. The summed E-state index contributed by atoms with van der Waals surface area (Å²) in [6.45, 7) is 0.363. The molecule has 0 saturated heterocycles. The SMILES string of the molecule is O=C(O)[C@H](Cc1ccc(O)cc1)NCc1cn(-c2ccccc2)nc1[C]1[CH][CH][CH][CH]1.[CH]1[CH][CH][CH][CH]1.[Fe+2]. The fraction of sp³-hybridized carbons (Fsp3) is 0.103. The van der Waals surface area contributed by atoms with Crippen LogP contribution >= 0.6 is 0 Å². The van der Waals surface area contributed by atoms with Crippen LogP contribution in [0.5, 0.6) is 5.75 Å². The first-order chi connectivity index (χ1) is 17.1. The molecule has 2 saturated carbocycles. The summed E-state index contributed by atoms with van der Waals surface area (Å²) in [6.07, 6.45) is 20.1. The first-order valence-electron chi connectivity index (χ1n) is 11.4. The van der Waals surface area contributed by atoms with Crippen molar-refractivity contribution < 1.29 is 32.1 Å². The molecule has 1 atom stereocenters. The number of aromatic hydroxyl groups is 1. The number of carboxylic acids is 1. The Morgan fingerprint density at radius 1 is 0.889 bits per heavy atom. The Hall–Kier alpha value is -2.60. The van der Waals surface area contributed by atoms with E-state index in [9.17, 15) is 15.0 Å². The van der Waals surface area contributed by atoms with Crippen LogP contribution in [-0.4, -0.2) is 32.0 Å². The van der Waals surface area contributed by atoms with E-state index in [0.717, 1.165) is 28.4 Å². The van der Waals surface area contributed by atoms with Gasteiger partial charge in [-0.2, -0.15) is 5.10 Å². The van der Waals surface area contributed by atoms with E-state index in [1.807, 2.05) is 99.0 Å². The van der Waals surface area contributed by atoms with E-state index in [-0.39, 0.29) is 22.8 Å². The van der Waals surface area contributed by atoms with Gasteiger partial charge in [0.2, 0.25) is 0 Å². The van der Waals surface area contributed by atoms with Gasteiger partial charge in [0, 0.05) is 24.2 Å². The molecular formula is C29H27FeN3O3+2. The van der Waals surface area contributed by atoms with Crippen LogP contribution in [0.4, 0.5) is 0 Å². The average molecular weight is 521 g/mol. The molecule has 182 valence electrons. The Morgan fingerprint density at radius 3 is 2.08 bits per heavy atom. The predicted octanol–water partition coefficient (Wildman–Crippen LogP) is 4.14. The zero-order chi connectivity index (χ0) is 24.5. The van der Waals surface area contributed by atoms with Crippen molar-refractivity contribution in [1.82, 2.24) is 15.1 Å². The second-order valence-electron chi connectivity index (χ2n) is 8.06. The zero-order valence-electron chi connectivity index (χ0n) is 19.5.